The van der Waals surface area contributed by atoms with Gasteiger partial charge in [0.1, 0.15) is 17.2 Å². The third kappa shape index (κ3) is 4.83. The van der Waals surface area contributed by atoms with Crippen molar-refractivity contribution in [3.8, 4) is 0 Å². The molecule has 9 heteroatoms. The van der Waals surface area contributed by atoms with Gasteiger partial charge in [-0.25, -0.2) is 9.78 Å². The summed E-state index contributed by atoms with van der Waals surface area (Å²) >= 11 is 1.49. The van der Waals surface area contributed by atoms with Crippen LogP contribution >= 0.6 is 11.3 Å². The highest BCUT2D eigenvalue weighted by molar-refractivity contribution is 7.18. The second kappa shape index (κ2) is 9.40. The minimum atomic E-state index is -1.04. The average molecular weight is 443 g/mol. The summed E-state index contributed by atoms with van der Waals surface area (Å²) in [6.07, 6.45) is 0. The molecular formula is C22H26N4O4S. The molecule has 0 fully saturated rings. The standard InChI is InChI=1S/C22H26N4O4S/c1-5-25(6-2)11-17-24-20-19(13(3)14(4)31-20)21(28)26(17)12-18(27)23-16-9-7-15(8-10-16)22(29)30/h7-10H,5-6,11-12H2,1-4H3,(H,23,27)(H,29,30). The Morgan fingerprint density at radius 3 is 2.39 bits per heavy atom. The molecule has 31 heavy (non-hydrogen) atoms. The quantitative estimate of drug-likeness (QED) is 0.555. The summed E-state index contributed by atoms with van der Waals surface area (Å²) in [5.74, 6) is -0.859. The largest absolute Gasteiger partial charge is 0.478 e. The minimum absolute atomic E-state index is 0.133. The first kappa shape index (κ1) is 22.6. The maximum Gasteiger partial charge on any atom is 0.335 e. The second-order valence-electron chi connectivity index (χ2n) is 7.27. The van der Waals surface area contributed by atoms with E-state index in [0.29, 0.717) is 28.3 Å². The highest BCUT2D eigenvalue weighted by Crippen LogP contribution is 2.26. The van der Waals surface area contributed by atoms with Gasteiger partial charge in [-0.3, -0.25) is 19.1 Å². The van der Waals surface area contributed by atoms with Gasteiger partial charge in [-0.05, 0) is 56.8 Å². The Kier molecular flexibility index (Phi) is 6.87. The molecule has 0 aliphatic rings. The lowest BCUT2D eigenvalue weighted by molar-refractivity contribution is -0.116. The normalized spacial score (nSPS) is 11.3. The van der Waals surface area contributed by atoms with E-state index in [4.69, 9.17) is 10.1 Å². The fourth-order valence-electron chi connectivity index (χ4n) is 3.34. The number of benzene rings is 1. The van der Waals surface area contributed by atoms with Crippen LogP contribution in [0.5, 0.6) is 0 Å². The fraction of sp³-hybridized carbons (Fsp3) is 0.364. The number of aromatic carboxylic acids is 1. The number of carboxylic acids is 1. The molecule has 2 heterocycles. The van der Waals surface area contributed by atoms with E-state index in [1.807, 2.05) is 27.7 Å². The zero-order valence-electron chi connectivity index (χ0n) is 18.1. The number of carbonyl (C=O) groups is 2. The van der Waals surface area contributed by atoms with Crippen molar-refractivity contribution in [2.24, 2.45) is 0 Å². The summed E-state index contributed by atoms with van der Waals surface area (Å²) in [5.41, 5.74) is 1.27. The van der Waals surface area contributed by atoms with E-state index in [9.17, 15) is 14.4 Å². The molecule has 0 atom stereocenters. The lowest BCUT2D eigenvalue weighted by Gasteiger charge is -2.20. The lowest BCUT2D eigenvalue weighted by Crippen LogP contribution is -2.34. The van der Waals surface area contributed by atoms with Crippen molar-refractivity contribution in [1.29, 1.82) is 0 Å². The molecule has 164 valence electrons. The predicted octanol–water partition coefficient (Wildman–Crippen LogP) is 3.25. The molecule has 3 rings (SSSR count). The Hall–Kier alpha value is -3.04. The highest BCUT2D eigenvalue weighted by Gasteiger charge is 2.19. The summed E-state index contributed by atoms with van der Waals surface area (Å²) in [6.45, 7) is 9.83. The number of anilines is 1. The molecule has 0 saturated heterocycles. The number of aromatic nitrogens is 2. The third-order valence-corrected chi connectivity index (χ3v) is 6.45. The van der Waals surface area contributed by atoms with E-state index < -0.39 is 5.97 Å². The second-order valence-corrected chi connectivity index (χ2v) is 8.48. The molecule has 8 nitrogen and oxygen atoms in total. The first-order valence-electron chi connectivity index (χ1n) is 10.1. The van der Waals surface area contributed by atoms with Crippen molar-refractivity contribution in [3.63, 3.8) is 0 Å². The molecule has 0 bridgehead atoms. The van der Waals surface area contributed by atoms with Crippen LogP contribution in [0.3, 0.4) is 0 Å². The maximum absolute atomic E-state index is 13.3. The summed E-state index contributed by atoms with van der Waals surface area (Å²) < 4.78 is 1.45. The van der Waals surface area contributed by atoms with Crippen molar-refractivity contribution in [3.05, 3.63) is 56.4 Å². The fourth-order valence-corrected chi connectivity index (χ4v) is 4.38. The Labute approximate surface area is 184 Å². The Morgan fingerprint density at radius 1 is 1.16 bits per heavy atom. The van der Waals surface area contributed by atoms with Crippen LogP contribution in [0.4, 0.5) is 5.69 Å². The zero-order valence-corrected chi connectivity index (χ0v) is 18.9. The Balaban J connectivity index is 1.95. The number of amides is 1. The van der Waals surface area contributed by atoms with Gasteiger partial charge in [-0.15, -0.1) is 11.3 Å². The Morgan fingerprint density at radius 2 is 1.81 bits per heavy atom. The van der Waals surface area contributed by atoms with Gasteiger partial charge >= 0.3 is 5.97 Å². The molecule has 1 amide bonds. The SMILES string of the molecule is CCN(CC)Cc1nc2sc(C)c(C)c2c(=O)n1CC(=O)Nc1ccc(C(=O)O)cc1. The smallest absolute Gasteiger partial charge is 0.335 e. The highest BCUT2D eigenvalue weighted by atomic mass is 32.1. The summed E-state index contributed by atoms with van der Waals surface area (Å²) in [6, 6.07) is 5.88. The predicted molar refractivity (Wildman–Crippen MR) is 122 cm³/mol. The van der Waals surface area contributed by atoms with Gasteiger partial charge in [0, 0.05) is 10.6 Å². The first-order valence-corrected chi connectivity index (χ1v) is 10.9. The minimum Gasteiger partial charge on any atom is -0.478 e. The van der Waals surface area contributed by atoms with Gasteiger partial charge < -0.3 is 10.4 Å². The number of rotatable bonds is 8. The molecule has 0 saturated carbocycles. The van der Waals surface area contributed by atoms with E-state index in [2.05, 4.69) is 10.2 Å². The number of nitrogens with one attached hydrogen (secondary N) is 1. The van der Waals surface area contributed by atoms with Crippen LogP contribution in [0.25, 0.3) is 10.2 Å². The number of thiophene rings is 1. The van der Waals surface area contributed by atoms with Crippen LogP contribution in [-0.2, 0) is 17.9 Å². The monoisotopic (exact) mass is 442 g/mol. The van der Waals surface area contributed by atoms with Gasteiger partial charge in [-0.2, -0.15) is 0 Å². The van der Waals surface area contributed by atoms with Crippen molar-refractivity contribution in [2.45, 2.75) is 40.8 Å². The van der Waals surface area contributed by atoms with E-state index in [1.165, 1.54) is 40.2 Å². The molecule has 2 aromatic heterocycles. The summed E-state index contributed by atoms with van der Waals surface area (Å²) in [4.78, 5) is 45.6. The molecular weight excluding hydrogens is 416 g/mol. The number of hydrogen-bond acceptors (Lipinski definition) is 6. The molecule has 0 aliphatic carbocycles. The van der Waals surface area contributed by atoms with Gasteiger partial charge in [0.05, 0.1) is 17.5 Å². The molecule has 0 radical (unpaired) electrons. The molecule has 0 aliphatic heterocycles. The van der Waals surface area contributed by atoms with Crippen molar-refractivity contribution in [1.82, 2.24) is 14.5 Å². The van der Waals surface area contributed by atoms with Gasteiger partial charge in [-0.1, -0.05) is 13.8 Å². The molecule has 0 unspecified atom stereocenters. The molecule has 3 aromatic rings. The van der Waals surface area contributed by atoms with Gasteiger partial charge in [0.15, 0.2) is 0 Å². The van der Waals surface area contributed by atoms with Crippen LogP contribution in [0.2, 0.25) is 0 Å². The van der Waals surface area contributed by atoms with Crippen molar-refractivity contribution in [2.75, 3.05) is 18.4 Å². The van der Waals surface area contributed by atoms with Crippen molar-refractivity contribution < 1.29 is 14.7 Å². The lowest BCUT2D eigenvalue weighted by atomic mass is 10.2. The van der Waals surface area contributed by atoms with E-state index in [0.717, 1.165) is 23.5 Å². The number of fused-ring (bicyclic) bond motifs is 1. The Bertz CT molecular complexity index is 1180. The first-order chi connectivity index (χ1) is 14.7. The third-order valence-electron chi connectivity index (χ3n) is 5.34. The number of hydrogen-bond donors (Lipinski definition) is 2. The molecule has 0 spiro atoms. The number of nitrogens with zero attached hydrogens (tertiary/aromatic N) is 3. The maximum atomic E-state index is 13.3. The summed E-state index contributed by atoms with van der Waals surface area (Å²) in [5, 5.41) is 12.3. The topological polar surface area (TPSA) is 105 Å². The van der Waals surface area contributed by atoms with Crippen LogP contribution in [-0.4, -0.2) is 44.5 Å². The van der Waals surface area contributed by atoms with Crippen LogP contribution in [0.15, 0.2) is 29.1 Å². The van der Waals surface area contributed by atoms with Crippen LogP contribution in [0, 0.1) is 13.8 Å². The van der Waals surface area contributed by atoms with E-state index in [1.54, 1.807) is 0 Å². The number of carbonyl (C=O) groups excluding carboxylic acids is 1. The van der Waals surface area contributed by atoms with E-state index >= 15 is 0 Å². The van der Waals surface area contributed by atoms with E-state index in [-0.39, 0.29) is 23.6 Å². The number of carboxylic acid groups (broad SMARTS) is 1. The van der Waals surface area contributed by atoms with Crippen LogP contribution < -0.4 is 10.9 Å². The molecule has 2 N–H and O–H groups in total. The van der Waals surface area contributed by atoms with Crippen molar-refractivity contribution >= 4 is 39.1 Å². The van der Waals surface area contributed by atoms with Crippen LogP contribution in [0.1, 0.15) is 40.5 Å². The zero-order chi connectivity index (χ0) is 22.7. The number of aryl methyl sites for hydroxylation is 2. The van der Waals surface area contributed by atoms with Gasteiger partial charge in [0.2, 0.25) is 5.91 Å². The van der Waals surface area contributed by atoms with Gasteiger partial charge in [0.25, 0.3) is 5.56 Å². The molecule has 1 aromatic carbocycles. The summed E-state index contributed by atoms with van der Waals surface area (Å²) in [7, 11) is 0. The average Bonchev–Trinajstić information content (AvgIpc) is 3.02.